The quantitative estimate of drug-likeness (QED) is 0.139. The van der Waals surface area contributed by atoms with E-state index in [2.05, 4.69) is 182 Å². The Balaban J connectivity index is 1.34. The van der Waals surface area contributed by atoms with Gasteiger partial charge in [0.15, 0.2) is 0 Å². The summed E-state index contributed by atoms with van der Waals surface area (Å²) in [5.74, 6) is 0. The lowest BCUT2D eigenvalue weighted by Gasteiger charge is -2.20. The molecule has 0 N–H and O–H groups in total. The van der Waals surface area contributed by atoms with E-state index >= 15 is 0 Å². The molecule has 0 heteroatoms. The molecule has 0 spiro atoms. The van der Waals surface area contributed by atoms with Crippen molar-refractivity contribution in [3.63, 3.8) is 0 Å². The Morgan fingerprint density at radius 2 is 0.646 bits per heavy atom. The van der Waals surface area contributed by atoms with Crippen LogP contribution in [0.1, 0.15) is 0 Å². The van der Waals surface area contributed by atoms with E-state index in [1.54, 1.807) is 0 Å². The summed E-state index contributed by atoms with van der Waals surface area (Å²) in [5, 5.41) is 15.2. The van der Waals surface area contributed by atoms with E-state index in [1.807, 2.05) is 0 Å². The monoisotopic (exact) mass is 606 g/mol. The summed E-state index contributed by atoms with van der Waals surface area (Å²) in [5.41, 5.74) is 7.53. The van der Waals surface area contributed by atoms with Crippen molar-refractivity contribution in [1.29, 1.82) is 0 Å². The van der Waals surface area contributed by atoms with Crippen molar-refractivity contribution in [3.8, 4) is 33.4 Å². The summed E-state index contributed by atoms with van der Waals surface area (Å²) in [6.45, 7) is 0. The standard InChI is InChI=1S/C48H30/c1-3-13-33-27-37(23-21-31(33)11-1)47-42-19-9-10-20-43(42)48(38-24-22-32-12-2-4-14-34(32)28-38)46-30-36(25-26-44(46)47)45-29-35-15-5-6-16-39(35)40-17-7-8-18-41(40)45/h1-30H. The van der Waals surface area contributed by atoms with E-state index in [0.717, 1.165) is 0 Å². The highest BCUT2D eigenvalue weighted by Crippen LogP contribution is 2.46. The summed E-state index contributed by atoms with van der Waals surface area (Å²) in [6.07, 6.45) is 0. The van der Waals surface area contributed by atoms with E-state index in [9.17, 15) is 0 Å². The molecule has 48 heavy (non-hydrogen) atoms. The Hall–Kier alpha value is -6.24. The van der Waals surface area contributed by atoms with Crippen LogP contribution in [-0.2, 0) is 0 Å². The molecule has 10 rings (SSSR count). The van der Waals surface area contributed by atoms with Crippen molar-refractivity contribution in [1.82, 2.24) is 0 Å². The molecule has 0 bridgehead atoms. The molecular formula is C48H30. The van der Waals surface area contributed by atoms with Crippen molar-refractivity contribution in [2.45, 2.75) is 0 Å². The summed E-state index contributed by atoms with van der Waals surface area (Å²) in [4.78, 5) is 0. The van der Waals surface area contributed by atoms with Crippen LogP contribution in [0.5, 0.6) is 0 Å². The van der Waals surface area contributed by atoms with Gasteiger partial charge < -0.3 is 0 Å². The van der Waals surface area contributed by atoms with Crippen molar-refractivity contribution in [2.24, 2.45) is 0 Å². The van der Waals surface area contributed by atoms with Crippen molar-refractivity contribution in [2.75, 3.05) is 0 Å². The van der Waals surface area contributed by atoms with Gasteiger partial charge in [0, 0.05) is 0 Å². The average Bonchev–Trinajstić information content (AvgIpc) is 3.16. The number of hydrogen-bond donors (Lipinski definition) is 0. The highest BCUT2D eigenvalue weighted by atomic mass is 14.2. The third kappa shape index (κ3) is 4.16. The highest BCUT2D eigenvalue weighted by molar-refractivity contribution is 6.23. The normalized spacial score (nSPS) is 11.8. The van der Waals surface area contributed by atoms with Crippen LogP contribution in [0.25, 0.3) is 98.0 Å². The summed E-state index contributed by atoms with van der Waals surface area (Å²) in [7, 11) is 0. The molecule has 0 saturated carbocycles. The second kappa shape index (κ2) is 10.7. The molecule has 0 unspecified atom stereocenters. The Bertz CT molecular complexity index is 2890. The zero-order chi connectivity index (χ0) is 31.6. The molecule has 0 aliphatic rings. The zero-order valence-corrected chi connectivity index (χ0v) is 26.3. The Morgan fingerprint density at radius 3 is 1.27 bits per heavy atom. The molecule has 10 aromatic rings. The molecule has 0 aromatic heterocycles. The van der Waals surface area contributed by atoms with Gasteiger partial charge in [0.1, 0.15) is 0 Å². The SMILES string of the molecule is c1ccc2cc(-c3c4ccccc4c(-c4ccc5ccccc5c4)c4cc(-c5cc6ccccc6c6ccccc56)ccc34)ccc2c1. The predicted octanol–water partition coefficient (Wildman–Crippen LogP) is 13.6. The minimum absolute atomic E-state index is 1.23. The molecule has 0 saturated heterocycles. The lowest BCUT2D eigenvalue weighted by atomic mass is 9.83. The van der Waals surface area contributed by atoms with E-state index in [0.29, 0.717) is 0 Å². The lowest BCUT2D eigenvalue weighted by molar-refractivity contribution is 1.67. The van der Waals surface area contributed by atoms with Crippen molar-refractivity contribution in [3.05, 3.63) is 182 Å². The molecule has 10 aromatic carbocycles. The van der Waals surface area contributed by atoms with Gasteiger partial charge in [-0.2, -0.15) is 0 Å². The van der Waals surface area contributed by atoms with Crippen LogP contribution < -0.4 is 0 Å². The van der Waals surface area contributed by atoms with Crippen LogP contribution in [0.2, 0.25) is 0 Å². The fourth-order valence-corrected chi connectivity index (χ4v) is 7.95. The minimum Gasteiger partial charge on any atom is -0.0616 e. The fourth-order valence-electron chi connectivity index (χ4n) is 7.95. The van der Waals surface area contributed by atoms with Crippen LogP contribution in [0.3, 0.4) is 0 Å². The van der Waals surface area contributed by atoms with Crippen molar-refractivity contribution >= 4 is 64.6 Å². The van der Waals surface area contributed by atoms with Gasteiger partial charge in [-0.05, 0) is 122 Å². The highest BCUT2D eigenvalue weighted by Gasteiger charge is 2.19. The van der Waals surface area contributed by atoms with Crippen LogP contribution >= 0.6 is 0 Å². The second-order valence-electron chi connectivity index (χ2n) is 12.9. The Labute approximate surface area is 279 Å². The maximum atomic E-state index is 2.45. The van der Waals surface area contributed by atoms with Gasteiger partial charge in [-0.1, -0.05) is 158 Å². The topological polar surface area (TPSA) is 0 Å². The van der Waals surface area contributed by atoms with E-state index < -0.39 is 0 Å². The third-order valence-corrected chi connectivity index (χ3v) is 10.2. The molecule has 0 radical (unpaired) electrons. The first-order valence-corrected chi connectivity index (χ1v) is 16.7. The van der Waals surface area contributed by atoms with Crippen LogP contribution in [0, 0.1) is 0 Å². The minimum atomic E-state index is 1.23. The van der Waals surface area contributed by atoms with Crippen LogP contribution in [0.4, 0.5) is 0 Å². The first-order valence-electron chi connectivity index (χ1n) is 16.7. The first-order chi connectivity index (χ1) is 23.8. The number of fused-ring (bicyclic) bond motifs is 7. The smallest absolute Gasteiger partial charge is 0.00259 e. The average molecular weight is 607 g/mol. The van der Waals surface area contributed by atoms with Gasteiger partial charge >= 0.3 is 0 Å². The fraction of sp³-hybridized carbons (Fsp3) is 0. The van der Waals surface area contributed by atoms with Gasteiger partial charge in [0.25, 0.3) is 0 Å². The Morgan fingerprint density at radius 1 is 0.208 bits per heavy atom. The molecule has 0 atom stereocenters. The van der Waals surface area contributed by atoms with Gasteiger partial charge in [0.2, 0.25) is 0 Å². The molecular weight excluding hydrogens is 577 g/mol. The molecule has 222 valence electrons. The number of rotatable bonds is 3. The molecule has 0 amide bonds. The molecule has 0 fully saturated rings. The first kappa shape index (κ1) is 26.9. The van der Waals surface area contributed by atoms with E-state index in [1.165, 1.54) is 98.0 Å². The van der Waals surface area contributed by atoms with E-state index in [-0.39, 0.29) is 0 Å². The number of benzene rings is 10. The van der Waals surface area contributed by atoms with E-state index in [4.69, 9.17) is 0 Å². The second-order valence-corrected chi connectivity index (χ2v) is 12.9. The maximum absolute atomic E-state index is 2.45. The summed E-state index contributed by atoms with van der Waals surface area (Å²) in [6, 6.07) is 67.3. The maximum Gasteiger partial charge on any atom is -0.00259 e. The Kier molecular flexibility index (Phi) is 5.98. The summed E-state index contributed by atoms with van der Waals surface area (Å²) >= 11 is 0. The molecule has 0 aliphatic carbocycles. The van der Waals surface area contributed by atoms with Crippen molar-refractivity contribution < 1.29 is 0 Å². The molecule has 0 aliphatic heterocycles. The molecule has 0 nitrogen and oxygen atoms in total. The van der Waals surface area contributed by atoms with Gasteiger partial charge in [0.05, 0.1) is 0 Å². The van der Waals surface area contributed by atoms with Gasteiger partial charge in [-0.25, -0.2) is 0 Å². The van der Waals surface area contributed by atoms with Crippen LogP contribution in [0.15, 0.2) is 182 Å². The molecule has 0 heterocycles. The zero-order valence-electron chi connectivity index (χ0n) is 26.3. The predicted molar refractivity (Wildman–Crippen MR) is 208 cm³/mol. The van der Waals surface area contributed by atoms with Crippen LogP contribution in [-0.4, -0.2) is 0 Å². The summed E-state index contributed by atoms with van der Waals surface area (Å²) < 4.78 is 0. The third-order valence-electron chi connectivity index (χ3n) is 10.2. The van der Waals surface area contributed by atoms with Gasteiger partial charge in [-0.3, -0.25) is 0 Å². The largest absolute Gasteiger partial charge is 0.0616 e. The lowest BCUT2D eigenvalue weighted by Crippen LogP contribution is -1.92. The van der Waals surface area contributed by atoms with Gasteiger partial charge in [-0.15, -0.1) is 0 Å². The number of hydrogen-bond acceptors (Lipinski definition) is 0.